The molecule has 2 heterocycles. The summed E-state index contributed by atoms with van der Waals surface area (Å²) in [6.07, 6.45) is 5.73. The van der Waals surface area contributed by atoms with Crippen molar-refractivity contribution < 1.29 is 4.79 Å². The van der Waals surface area contributed by atoms with Crippen LogP contribution in [0.15, 0.2) is 55.0 Å². The van der Waals surface area contributed by atoms with Crippen LogP contribution in [-0.2, 0) is 6.54 Å². The highest BCUT2D eigenvalue weighted by Gasteiger charge is 2.12. The maximum atomic E-state index is 12.0. The summed E-state index contributed by atoms with van der Waals surface area (Å²) in [5.74, 6) is 0.218. The average Bonchev–Trinajstić information content (AvgIpc) is 2.95. The number of hydrogen-bond acceptors (Lipinski definition) is 2. The van der Waals surface area contributed by atoms with Crippen LogP contribution >= 0.6 is 0 Å². The Kier molecular flexibility index (Phi) is 3.57. The Labute approximate surface area is 124 Å². The Hall–Kier alpha value is -2.42. The van der Waals surface area contributed by atoms with Crippen molar-refractivity contribution in [3.05, 3.63) is 66.1 Å². The van der Waals surface area contributed by atoms with Gasteiger partial charge in [-0.15, -0.1) is 0 Å². The van der Waals surface area contributed by atoms with Gasteiger partial charge in [-0.05, 0) is 23.8 Å². The standard InChI is InChI=1S/C18H18N2O/c1-13(2)18(21)15-8-10-20(12-15)11-14-7-9-19-17-6-4-3-5-16(14)17/h3-10,12-13H,11H2,1-2H3. The zero-order valence-corrected chi connectivity index (χ0v) is 12.3. The van der Waals surface area contributed by atoms with Gasteiger partial charge in [0.25, 0.3) is 0 Å². The average molecular weight is 278 g/mol. The Balaban J connectivity index is 1.91. The molecule has 0 aliphatic heterocycles. The number of Topliss-reactive ketones (excluding diaryl/α,β-unsaturated/α-hetero) is 1. The second kappa shape index (κ2) is 5.52. The summed E-state index contributed by atoms with van der Waals surface area (Å²) in [7, 11) is 0. The minimum Gasteiger partial charge on any atom is -0.349 e. The number of nitrogens with zero attached hydrogens (tertiary/aromatic N) is 2. The summed E-state index contributed by atoms with van der Waals surface area (Å²) in [5.41, 5.74) is 2.99. The molecule has 0 spiro atoms. The number of para-hydroxylation sites is 1. The van der Waals surface area contributed by atoms with Gasteiger partial charge in [0, 0.05) is 42.0 Å². The van der Waals surface area contributed by atoms with E-state index in [9.17, 15) is 4.79 Å². The molecule has 0 aliphatic rings. The third-order valence-corrected chi connectivity index (χ3v) is 3.65. The van der Waals surface area contributed by atoms with Crippen molar-refractivity contribution in [2.75, 3.05) is 0 Å². The second-order valence-corrected chi connectivity index (χ2v) is 5.58. The van der Waals surface area contributed by atoms with Crippen LogP contribution in [0.4, 0.5) is 0 Å². The Morgan fingerprint density at radius 1 is 1.19 bits per heavy atom. The van der Waals surface area contributed by atoms with Crippen molar-refractivity contribution in [1.29, 1.82) is 0 Å². The molecule has 0 N–H and O–H groups in total. The number of carbonyl (C=O) groups excluding carboxylic acids is 1. The van der Waals surface area contributed by atoms with Crippen LogP contribution in [0.25, 0.3) is 10.9 Å². The Morgan fingerprint density at radius 2 is 2.00 bits per heavy atom. The summed E-state index contributed by atoms with van der Waals surface area (Å²) >= 11 is 0. The molecule has 21 heavy (non-hydrogen) atoms. The molecule has 0 bridgehead atoms. The molecule has 0 aliphatic carbocycles. The molecule has 2 aromatic heterocycles. The van der Waals surface area contributed by atoms with Gasteiger partial charge in [0.15, 0.2) is 5.78 Å². The zero-order valence-electron chi connectivity index (χ0n) is 12.3. The minimum absolute atomic E-state index is 0.0302. The van der Waals surface area contributed by atoms with Crippen LogP contribution in [0.3, 0.4) is 0 Å². The molecule has 106 valence electrons. The first kappa shape index (κ1) is 13.6. The molecular formula is C18H18N2O. The highest BCUT2D eigenvalue weighted by molar-refractivity contribution is 5.97. The van der Waals surface area contributed by atoms with Gasteiger partial charge in [-0.1, -0.05) is 32.0 Å². The zero-order chi connectivity index (χ0) is 14.8. The lowest BCUT2D eigenvalue weighted by Gasteiger charge is -2.07. The van der Waals surface area contributed by atoms with E-state index in [1.807, 2.05) is 62.8 Å². The topological polar surface area (TPSA) is 34.9 Å². The molecule has 3 nitrogen and oxygen atoms in total. The van der Waals surface area contributed by atoms with Crippen molar-refractivity contribution in [3.8, 4) is 0 Å². The Bertz CT molecular complexity index is 781. The van der Waals surface area contributed by atoms with Gasteiger partial charge in [-0.25, -0.2) is 0 Å². The number of hydrogen-bond donors (Lipinski definition) is 0. The molecule has 3 rings (SSSR count). The van der Waals surface area contributed by atoms with E-state index in [-0.39, 0.29) is 11.7 Å². The van der Waals surface area contributed by atoms with Crippen LogP contribution in [0, 0.1) is 5.92 Å². The third-order valence-electron chi connectivity index (χ3n) is 3.65. The number of rotatable bonds is 4. The van der Waals surface area contributed by atoms with E-state index in [4.69, 9.17) is 0 Å². The van der Waals surface area contributed by atoms with Gasteiger partial charge >= 0.3 is 0 Å². The molecule has 0 saturated carbocycles. The number of fused-ring (bicyclic) bond motifs is 1. The van der Waals surface area contributed by atoms with Crippen LogP contribution in [0.1, 0.15) is 29.8 Å². The van der Waals surface area contributed by atoms with Crippen molar-refractivity contribution in [1.82, 2.24) is 9.55 Å². The number of benzene rings is 1. The number of ketones is 1. The lowest BCUT2D eigenvalue weighted by atomic mass is 10.0. The third kappa shape index (κ3) is 2.72. The van der Waals surface area contributed by atoms with E-state index in [0.29, 0.717) is 0 Å². The SMILES string of the molecule is CC(C)C(=O)c1ccn(Cc2ccnc3ccccc23)c1. The molecule has 0 fully saturated rings. The molecule has 1 aromatic carbocycles. The largest absolute Gasteiger partial charge is 0.349 e. The van der Waals surface area contributed by atoms with Gasteiger partial charge < -0.3 is 4.57 Å². The fraction of sp³-hybridized carbons (Fsp3) is 0.222. The van der Waals surface area contributed by atoms with E-state index in [0.717, 1.165) is 23.0 Å². The fourth-order valence-electron chi connectivity index (χ4n) is 2.51. The first-order chi connectivity index (χ1) is 10.1. The molecule has 0 unspecified atom stereocenters. The van der Waals surface area contributed by atoms with Crippen molar-refractivity contribution >= 4 is 16.7 Å². The maximum absolute atomic E-state index is 12.0. The number of aromatic nitrogens is 2. The van der Waals surface area contributed by atoms with E-state index >= 15 is 0 Å². The minimum atomic E-state index is 0.0302. The lowest BCUT2D eigenvalue weighted by molar-refractivity contribution is 0.0939. The second-order valence-electron chi connectivity index (χ2n) is 5.58. The summed E-state index contributed by atoms with van der Waals surface area (Å²) < 4.78 is 2.05. The van der Waals surface area contributed by atoms with Gasteiger partial charge in [-0.2, -0.15) is 0 Å². The van der Waals surface area contributed by atoms with Gasteiger partial charge in [-0.3, -0.25) is 9.78 Å². The smallest absolute Gasteiger partial charge is 0.166 e. The monoisotopic (exact) mass is 278 g/mol. The van der Waals surface area contributed by atoms with Crippen LogP contribution in [0.2, 0.25) is 0 Å². The first-order valence-corrected chi connectivity index (χ1v) is 7.18. The van der Waals surface area contributed by atoms with Gasteiger partial charge in [0.05, 0.1) is 5.52 Å². The lowest BCUT2D eigenvalue weighted by Crippen LogP contribution is -2.06. The summed E-state index contributed by atoms with van der Waals surface area (Å²) in [6.45, 7) is 4.60. The highest BCUT2D eigenvalue weighted by atomic mass is 16.1. The molecule has 0 atom stereocenters. The van der Waals surface area contributed by atoms with Crippen LogP contribution in [-0.4, -0.2) is 15.3 Å². The van der Waals surface area contributed by atoms with Crippen LogP contribution < -0.4 is 0 Å². The van der Waals surface area contributed by atoms with Crippen LogP contribution in [0.5, 0.6) is 0 Å². The molecular weight excluding hydrogens is 260 g/mol. The summed E-state index contributed by atoms with van der Waals surface area (Å²) in [5, 5.41) is 1.16. The maximum Gasteiger partial charge on any atom is 0.166 e. The van der Waals surface area contributed by atoms with E-state index in [1.165, 1.54) is 5.56 Å². The van der Waals surface area contributed by atoms with Crippen molar-refractivity contribution in [2.24, 2.45) is 5.92 Å². The molecule has 0 amide bonds. The highest BCUT2D eigenvalue weighted by Crippen LogP contribution is 2.18. The summed E-state index contributed by atoms with van der Waals surface area (Å²) in [4.78, 5) is 16.4. The van der Waals surface area contributed by atoms with E-state index in [1.54, 1.807) is 0 Å². The van der Waals surface area contributed by atoms with Gasteiger partial charge in [0.1, 0.15) is 0 Å². The summed E-state index contributed by atoms with van der Waals surface area (Å²) in [6, 6.07) is 12.0. The van der Waals surface area contributed by atoms with Crippen molar-refractivity contribution in [2.45, 2.75) is 20.4 Å². The predicted molar refractivity (Wildman–Crippen MR) is 84.4 cm³/mol. The quantitative estimate of drug-likeness (QED) is 0.678. The predicted octanol–water partition coefficient (Wildman–Crippen LogP) is 3.92. The van der Waals surface area contributed by atoms with E-state index in [2.05, 4.69) is 15.6 Å². The number of pyridine rings is 1. The molecule has 0 radical (unpaired) electrons. The Morgan fingerprint density at radius 3 is 2.81 bits per heavy atom. The van der Waals surface area contributed by atoms with Crippen molar-refractivity contribution in [3.63, 3.8) is 0 Å². The van der Waals surface area contributed by atoms with Gasteiger partial charge in [0.2, 0.25) is 0 Å². The number of carbonyl (C=O) groups is 1. The molecule has 3 aromatic rings. The van der Waals surface area contributed by atoms with E-state index < -0.39 is 0 Å². The normalized spacial score (nSPS) is 11.2. The molecule has 0 saturated heterocycles. The first-order valence-electron chi connectivity index (χ1n) is 7.18. The molecule has 3 heteroatoms. The fourth-order valence-corrected chi connectivity index (χ4v) is 2.51.